The third-order valence-electron chi connectivity index (χ3n) is 2.12. The van der Waals surface area contributed by atoms with Crippen molar-refractivity contribution >= 4 is 12.1 Å². The molecule has 0 bridgehead atoms. The van der Waals surface area contributed by atoms with E-state index in [1.807, 2.05) is 0 Å². The number of amides is 1. The molecular weight excluding hydrogens is 196 g/mol. The van der Waals surface area contributed by atoms with Gasteiger partial charge in [0.25, 0.3) is 0 Å². The molecule has 0 aliphatic carbocycles. The van der Waals surface area contributed by atoms with Gasteiger partial charge in [-0.1, -0.05) is 6.92 Å². The fourth-order valence-corrected chi connectivity index (χ4v) is 1.38. The number of rotatable bonds is 4. The van der Waals surface area contributed by atoms with Gasteiger partial charge in [-0.15, -0.1) is 5.16 Å². The molecule has 0 saturated carbocycles. The Kier molecular flexibility index (Phi) is 3.84. The van der Waals surface area contributed by atoms with E-state index in [-0.39, 0.29) is 11.8 Å². The maximum absolute atomic E-state index is 11.6. The summed E-state index contributed by atoms with van der Waals surface area (Å²) in [6.45, 7) is 1.78. The summed E-state index contributed by atoms with van der Waals surface area (Å²) in [6.07, 6.45) is 4.60. The largest absolute Gasteiger partial charge is 0.411 e. The molecule has 0 aromatic carbocycles. The van der Waals surface area contributed by atoms with Gasteiger partial charge in [-0.2, -0.15) is 5.10 Å². The second kappa shape index (κ2) is 5.14. The number of nitrogens with one attached hydrogen (secondary N) is 1. The Bertz CT molecular complexity index is 334. The van der Waals surface area contributed by atoms with Gasteiger partial charge in [0, 0.05) is 31.6 Å². The normalized spacial score (nSPS) is 15.1. The lowest BCUT2D eigenvalue weighted by Crippen LogP contribution is -2.34. The highest BCUT2D eigenvalue weighted by atomic mass is 16.4. The van der Waals surface area contributed by atoms with Crippen molar-refractivity contribution in [1.82, 2.24) is 15.1 Å². The molecule has 0 aliphatic heterocycles. The molecular formula is C9H14N4O2. The van der Waals surface area contributed by atoms with Crippen LogP contribution < -0.4 is 5.32 Å². The number of hydrogen-bond donors (Lipinski definition) is 2. The monoisotopic (exact) mass is 210 g/mol. The first-order valence-electron chi connectivity index (χ1n) is 4.59. The lowest BCUT2D eigenvalue weighted by Gasteiger charge is -2.19. The van der Waals surface area contributed by atoms with Crippen molar-refractivity contribution in [2.75, 3.05) is 7.05 Å². The quantitative estimate of drug-likeness (QED) is 0.425. The van der Waals surface area contributed by atoms with Crippen molar-refractivity contribution in [2.45, 2.75) is 13.0 Å². The molecule has 1 rings (SSSR count). The number of aromatic nitrogens is 2. The van der Waals surface area contributed by atoms with Crippen LogP contribution in [0.25, 0.3) is 0 Å². The second-order valence-electron chi connectivity index (χ2n) is 3.17. The van der Waals surface area contributed by atoms with E-state index < -0.39 is 6.04 Å². The summed E-state index contributed by atoms with van der Waals surface area (Å²) in [6, 6.07) is 1.24. The summed E-state index contributed by atoms with van der Waals surface area (Å²) in [5.74, 6) is -0.416. The zero-order chi connectivity index (χ0) is 11.3. The summed E-state index contributed by atoms with van der Waals surface area (Å²) in [7, 11) is 1.56. The van der Waals surface area contributed by atoms with E-state index in [0.29, 0.717) is 0 Å². The third kappa shape index (κ3) is 2.55. The zero-order valence-electron chi connectivity index (χ0n) is 8.66. The molecule has 0 spiro atoms. The molecule has 6 nitrogen and oxygen atoms in total. The lowest BCUT2D eigenvalue weighted by molar-refractivity contribution is -0.124. The first-order valence-corrected chi connectivity index (χ1v) is 4.59. The predicted molar refractivity (Wildman–Crippen MR) is 54.8 cm³/mol. The Morgan fingerprint density at radius 3 is 2.93 bits per heavy atom. The summed E-state index contributed by atoms with van der Waals surface area (Å²) >= 11 is 0. The molecule has 2 unspecified atom stereocenters. The average molecular weight is 210 g/mol. The molecule has 1 amide bonds. The number of oxime groups is 1. The number of nitrogens with zero attached hydrogens (tertiary/aromatic N) is 3. The van der Waals surface area contributed by atoms with Gasteiger partial charge in [-0.05, 0) is 6.07 Å². The minimum Gasteiger partial charge on any atom is -0.411 e. The first kappa shape index (κ1) is 11.2. The molecule has 82 valence electrons. The minimum atomic E-state index is -0.499. The topological polar surface area (TPSA) is 79.5 Å². The van der Waals surface area contributed by atoms with E-state index in [2.05, 4.69) is 15.6 Å². The first-order chi connectivity index (χ1) is 7.20. The Morgan fingerprint density at radius 1 is 1.73 bits per heavy atom. The number of likely N-dealkylation sites (N-methyl/N-ethyl adjacent to an activating group) is 1. The fourth-order valence-electron chi connectivity index (χ4n) is 1.38. The Morgan fingerprint density at radius 2 is 2.47 bits per heavy atom. The molecule has 2 atom stereocenters. The van der Waals surface area contributed by atoms with Crippen molar-refractivity contribution < 1.29 is 10.0 Å². The van der Waals surface area contributed by atoms with Crippen LogP contribution in [0.1, 0.15) is 13.0 Å². The van der Waals surface area contributed by atoms with E-state index in [4.69, 9.17) is 5.21 Å². The van der Waals surface area contributed by atoms with Crippen molar-refractivity contribution in [3.8, 4) is 0 Å². The van der Waals surface area contributed by atoms with E-state index in [9.17, 15) is 4.79 Å². The third-order valence-corrected chi connectivity index (χ3v) is 2.12. The maximum Gasteiger partial charge on any atom is 0.245 e. The van der Waals surface area contributed by atoms with Gasteiger partial charge in [-0.3, -0.25) is 9.48 Å². The number of carbonyl (C=O) groups excluding carboxylic acids is 1. The molecule has 0 fully saturated rings. The molecule has 0 saturated heterocycles. The number of carbonyl (C=O) groups is 1. The van der Waals surface area contributed by atoms with E-state index in [1.165, 1.54) is 10.9 Å². The number of hydrogen-bond acceptors (Lipinski definition) is 4. The highest BCUT2D eigenvalue weighted by Gasteiger charge is 2.25. The minimum absolute atomic E-state index is 0.175. The van der Waals surface area contributed by atoms with Gasteiger partial charge in [0.2, 0.25) is 5.91 Å². The van der Waals surface area contributed by atoms with Crippen LogP contribution in [-0.4, -0.2) is 34.2 Å². The SMILES string of the molecule is CNC(=O)C(C(C)C=NO)n1cccn1. The Hall–Kier alpha value is -1.85. The molecule has 15 heavy (non-hydrogen) atoms. The van der Waals surface area contributed by atoms with Crippen molar-refractivity contribution in [3.05, 3.63) is 18.5 Å². The fraction of sp³-hybridized carbons (Fsp3) is 0.444. The van der Waals surface area contributed by atoms with Gasteiger partial charge in [-0.25, -0.2) is 0 Å². The summed E-state index contributed by atoms with van der Waals surface area (Å²) < 4.78 is 1.53. The maximum atomic E-state index is 11.6. The molecule has 1 heterocycles. The Labute approximate surface area is 87.6 Å². The summed E-state index contributed by atoms with van der Waals surface area (Å²) in [5.41, 5.74) is 0. The van der Waals surface area contributed by atoms with Crippen LogP contribution in [0, 0.1) is 5.92 Å². The second-order valence-corrected chi connectivity index (χ2v) is 3.17. The summed E-state index contributed by atoms with van der Waals surface area (Å²) in [5, 5.41) is 17.9. The van der Waals surface area contributed by atoms with E-state index in [1.54, 1.807) is 32.4 Å². The van der Waals surface area contributed by atoms with Gasteiger partial charge >= 0.3 is 0 Å². The van der Waals surface area contributed by atoms with E-state index in [0.717, 1.165) is 0 Å². The molecule has 6 heteroatoms. The van der Waals surface area contributed by atoms with Crippen LogP contribution >= 0.6 is 0 Å². The van der Waals surface area contributed by atoms with Crippen LogP contribution in [-0.2, 0) is 4.79 Å². The van der Waals surface area contributed by atoms with Gasteiger partial charge in [0.15, 0.2) is 0 Å². The van der Waals surface area contributed by atoms with Crippen LogP contribution in [0.5, 0.6) is 0 Å². The van der Waals surface area contributed by atoms with Crippen molar-refractivity contribution in [2.24, 2.45) is 11.1 Å². The Balaban J connectivity index is 2.93. The van der Waals surface area contributed by atoms with E-state index >= 15 is 0 Å². The highest BCUT2D eigenvalue weighted by molar-refractivity contribution is 5.83. The molecule has 1 aromatic rings. The van der Waals surface area contributed by atoms with Crippen molar-refractivity contribution in [1.29, 1.82) is 0 Å². The average Bonchev–Trinajstić information content (AvgIpc) is 2.71. The van der Waals surface area contributed by atoms with Gasteiger partial charge in [0.05, 0.1) is 0 Å². The van der Waals surface area contributed by atoms with Gasteiger partial charge < -0.3 is 10.5 Å². The molecule has 0 aliphatic rings. The molecule has 1 aromatic heterocycles. The smallest absolute Gasteiger partial charge is 0.245 e. The van der Waals surface area contributed by atoms with Crippen molar-refractivity contribution in [3.63, 3.8) is 0 Å². The van der Waals surface area contributed by atoms with Gasteiger partial charge in [0.1, 0.15) is 6.04 Å². The summed E-state index contributed by atoms with van der Waals surface area (Å²) in [4.78, 5) is 11.6. The molecule has 2 N–H and O–H groups in total. The van der Waals surface area contributed by atoms with Crippen LogP contribution in [0.4, 0.5) is 0 Å². The predicted octanol–water partition coefficient (Wildman–Crippen LogP) is 0.266. The zero-order valence-corrected chi connectivity index (χ0v) is 8.66. The lowest BCUT2D eigenvalue weighted by atomic mass is 10.0. The standard InChI is InChI=1S/C9H14N4O2/c1-7(6-12-15)8(9(14)10-2)13-5-3-4-11-13/h3-8,15H,1-2H3,(H,10,14). The van der Waals surface area contributed by atoms with Crippen LogP contribution in [0.3, 0.4) is 0 Å². The van der Waals surface area contributed by atoms with Crippen LogP contribution in [0.2, 0.25) is 0 Å². The molecule has 0 radical (unpaired) electrons. The highest BCUT2D eigenvalue weighted by Crippen LogP contribution is 2.15. The van der Waals surface area contributed by atoms with Crippen LogP contribution in [0.15, 0.2) is 23.6 Å².